The quantitative estimate of drug-likeness (QED) is 0.740. The summed E-state index contributed by atoms with van der Waals surface area (Å²) in [5.74, 6) is 1.05. The highest BCUT2D eigenvalue weighted by atomic mass is 35.5. The maximum Gasteiger partial charge on any atom is 0.233 e. The molecule has 2 aliphatic heterocycles. The molecular weight excluding hydrogens is 400 g/mol. The van der Waals surface area contributed by atoms with Crippen molar-refractivity contribution in [3.8, 4) is 5.75 Å². The van der Waals surface area contributed by atoms with Crippen molar-refractivity contribution in [2.75, 3.05) is 47.0 Å². The number of carbonyl (C=O) groups excluding carboxylic acids is 1. The summed E-state index contributed by atoms with van der Waals surface area (Å²) >= 11 is 6.11. The van der Waals surface area contributed by atoms with Gasteiger partial charge in [-0.1, -0.05) is 35.9 Å². The van der Waals surface area contributed by atoms with Crippen LogP contribution in [0.1, 0.15) is 30.0 Å². The molecule has 2 saturated heterocycles. The first kappa shape index (κ1) is 21.2. The summed E-state index contributed by atoms with van der Waals surface area (Å²) < 4.78 is 10.9. The Labute approximate surface area is 183 Å². The predicted molar refractivity (Wildman–Crippen MR) is 118 cm³/mol. The SMILES string of the molecule is COc1ccc([C@H]2CN(C(=O)C3(c4ccc(Cl)cc4)CCOCC3)CCN2C)cc1. The highest BCUT2D eigenvalue weighted by Crippen LogP contribution is 2.38. The molecule has 6 heteroatoms. The van der Waals surface area contributed by atoms with Gasteiger partial charge in [-0.15, -0.1) is 0 Å². The molecule has 0 radical (unpaired) electrons. The van der Waals surface area contributed by atoms with Crippen LogP contribution in [-0.4, -0.2) is 62.7 Å². The third-order valence-corrected chi connectivity index (χ3v) is 6.84. The number of halogens is 1. The third kappa shape index (κ3) is 4.07. The molecule has 0 aliphatic carbocycles. The smallest absolute Gasteiger partial charge is 0.233 e. The zero-order valence-electron chi connectivity index (χ0n) is 17.6. The van der Waals surface area contributed by atoms with E-state index in [2.05, 4.69) is 29.0 Å². The van der Waals surface area contributed by atoms with Crippen molar-refractivity contribution in [2.24, 2.45) is 0 Å². The molecule has 0 N–H and O–H groups in total. The van der Waals surface area contributed by atoms with Crippen molar-refractivity contribution in [3.05, 3.63) is 64.7 Å². The van der Waals surface area contributed by atoms with Crippen LogP contribution in [0.5, 0.6) is 5.75 Å². The summed E-state index contributed by atoms with van der Waals surface area (Å²) in [6.45, 7) is 3.46. The minimum atomic E-state index is -0.538. The zero-order chi connectivity index (χ0) is 21.1. The number of nitrogens with zero attached hydrogens (tertiary/aromatic N) is 2. The molecule has 0 bridgehead atoms. The standard InChI is InChI=1S/C24H29ClN2O3/c1-26-13-14-27(17-22(26)18-3-9-21(29-2)10-4-18)23(28)24(11-15-30-16-12-24)19-5-7-20(25)8-6-19/h3-10,22H,11-17H2,1-2H3/t22-/m1/s1. The van der Waals surface area contributed by atoms with Crippen LogP contribution in [0.15, 0.2) is 48.5 Å². The molecule has 2 heterocycles. The van der Waals surface area contributed by atoms with Crippen molar-refractivity contribution in [1.82, 2.24) is 9.80 Å². The van der Waals surface area contributed by atoms with E-state index >= 15 is 0 Å². The predicted octanol–water partition coefficient (Wildman–Crippen LogP) is 3.91. The first-order valence-electron chi connectivity index (χ1n) is 10.5. The molecule has 4 rings (SSSR count). The average Bonchev–Trinajstić information content (AvgIpc) is 2.80. The molecule has 30 heavy (non-hydrogen) atoms. The van der Waals surface area contributed by atoms with E-state index in [9.17, 15) is 4.79 Å². The first-order valence-corrected chi connectivity index (χ1v) is 10.9. The Morgan fingerprint density at radius 2 is 1.73 bits per heavy atom. The van der Waals surface area contributed by atoms with E-state index in [0.29, 0.717) is 37.6 Å². The van der Waals surface area contributed by atoms with Gasteiger partial charge < -0.3 is 14.4 Å². The highest BCUT2D eigenvalue weighted by Gasteiger charge is 2.45. The van der Waals surface area contributed by atoms with E-state index in [1.54, 1.807) is 7.11 Å². The average molecular weight is 429 g/mol. The second-order valence-electron chi connectivity index (χ2n) is 8.22. The van der Waals surface area contributed by atoms with Gasteiger partial charge in [0.05, 0.1) is 18.6 Å². The summed E-state index contributed by atoms with van der Waals surface area (Å²) in [5, 5.41) is 0.688. The number of hydrogen-bond donors (Lipinski definition) is 0. The normalized spacial score (nSPS) is 22.0. The van der Waals surface area contributed by atoms with Gasteiger partial charge >= 0.3 is 0 Å². The number of rotatable bonds is 4. The number of likely N-dealkylation sites (N-methyl/N-ethyl adjacent to an activating group) is 1. The van der Waals surface area contributed by atoms with Gasteiger partial charge in [-0.2, -0.15) is 0 Å². The van der Waals surface area contributed by atoms with Crippen LogP contribution in [0, 0.1) is 0 Å². The van der Waals surface area contributed by atoms with Crippen molar-refractivity contribution in [2.45, 2.75) is 24.3 Å². The van der Waals surface area contributed by atoms with Crippen LogP contribution in [0.2, 0.25) is 5.02 Å². The van der Waals surface area contributed by atoms with Crippen LogP contribution in [0.25, 0.3) is 0 Å². The van der Waals surface area contributed by atoms with Crippen LogP contribution < -0.4 is 4.74 Å². The fourth-order valence-electron chi connectivity index (χ4n) is 4.66. The molecule has 0 unspecified atom stereocenters. The first-order chi connectivity index (χ1) is 14.5. The summed E-state index contributed by atoms with van der Waals surface area (Å²) in [6, 6.07) is 16.1. The molecule has 160 valence electrons. The van der Waals surface area contributed by atoms with E-state index in [1.807, 2.05) is 36.4 Å². The number of piperazine rings is 1. The molecule has 2 aliphatic rings. The summed E-state index contributed by atoms with van der Waals surface area (Å²) in [4.78, 5) is 18.3. The molecular formula is C24H29ClN2O3. The fourth-order valence-corrected chi connectivity index (χ4v) is 4.79. The van der Waals surface area contributed by atoms with Gasteiger partial charge in [0.25, 0.3) is 0 Å². The fraction of sp³-hybridized carbons (Fsp3) is 0.458. The maximum absolute atomic E-state index is 13.9. The van der Waals surface area contributed by atoms with E-state index in [0.717, 1.165) is 24.4 Å². The molecule has 2 aromatic rings. The number of carbonyl (C=O) groups is 1. The van der Waals surface area contributed by atoms with E-state index in [-0.39, 0.29) is 11.9 Å². The number of hydrogen-bond acceptors (Lipinski definition) is 4. The van der Waals surface area contributed by atoms with Crippen LogP contribution in [0.3, 0.4) is 0 Å². The molecule has 0 aromatic heterocycles. The lowest BCUT2D eigenvalue weighted by molar-refractivity contribution is -0.144. The van der Waals surface area contributed by atoms with Gasteiger partial charge in [0, 0.05) is 37.9 Å². The Bertz CT molecular complexity index is 863. The Morgan fingerprint density at radius 1 is 1.07 bits per heavy atom. The molecule has 2 fully saturated rings. The molecule has 5 nitrogen and oxygen atoms in total. The minimum absolute atomic E-state index is 0.163. The van der Waals surface area contributed by atoms with E-state index < -0.39 is 5.41 Å². The second kappa shape index (κ2) is 8.96. The number of ether oxygens (including phenoxy) is 2. The van der Waals surface area contributed by atoms with Crippen molar-refractivity contribution in [1.29, 1.82) is 0 Å². The lowest BCUT2D eigenvalue weighted by atomic mass is 9.72. The minimum Gasteiger partial charge on any atom is -0.497 e. The largest absolute Gasteiger partial charge is 0.497 e. The molecule has 1 amide bonds. The molecule has 1 atom stereocenters. The van der Waals surface area contributed by atoms with Crippen LogP contribution >= 0.6 is 11.6 Å². The molecule has 0 saturated carbocycles. The van der Waals surface area contributed by atoms with Gasteiger partial charge in [0.2, 0.25) is 5.91 Å². The van der Waals surface area contributed by atoms with E-state index in [1.165, 1.54) is 5.56 Å². The Kier molecular flexibility index (Phi) is 6.32. The summed E-state index contributed by atoms with van der Waals surface area (Å²) in [6.07, 6.45) is 1.40. The Morgan fingerprint density at radius 3 is 2.37 bits per heavy atom. The Hall–Kier alpha value is -2.08. The second-order valence-corrected chi connectivity index (χ2v) is 8.66. The highest BCUT2D eigenvalue weighted by molar-refractivity contribution is 6.30. The van der Waals surface area contributed by atoms with Crippen LogP contribution in [0.4, 0.5) is 0 Å². The Balaban J connectivity index is 1.60. The molecule has 0 spiro atoms. The van der Waals surface area contributed by atoms with Crippen molar-refractivity contribution >= 4 is 17.5 Å². The monoisotopic (exact) mass is 428 g/mol. The zero-order valence-corrected chi connectivity index (χ0v) is 18.4. The van der Waals surface area contributed by atoms with Crippen LogP contribution in [-0.2, 0) is 14.9 Å². The summed E-state index contributed by atoms with van der Waals surface area (Å²) in [7, 11) is 3.80. The number of methoxy groups -OCH3 is 1. The van der Waals surface area contributed by atoms with Gasteiger partial charge in [0.1, 0.15) is 5.75 Å². The van der Waals surface area contributed by atoms with E-state index in [4.69, 9.17) is 21.1 Å². The molecule has 2 aromatic carbocycles. The van der Waals surface area contributed by atoms with Gasteiger partial charge in [-0.25, -0.2) is 0 Å². The lowest BCUT2D eigenvalue weighted by Crippen LogP contribution is -2.56. The van der Waals surface area contributed by atoms with Gasteiger partial charge in [-0.05, 0) is 55.3 Å². The van der Waals surface area contributed by atoms with Gasteiger partial charge in [-0.3, -0.25) is 9.69 Å². The summed E-state index contributed by atoms with van der Waals surface area (Å²) in [5.41, 5.74) is 1.70. The lowest BCUT2D eigenvalue weighted by Gasteiger charge is -2.45. The number of benzene rings is 2. The number of amides is 1. The van der Waals surface area contributed by atoms with Crippen molar-refractivity contribution in [3.63, 3.8) is 0 Å². The third-order valence-electron chi connectivity index (χ3n) is 6.59. The van der Waals surface area contributed by atoms with Gasteiger partial charge in [0.15, 0.2) is 0 Å². The van der Waals surface area contributed by atoms with Crippen molar-refractivity contribution < 1.29 is 14.3 Å². The maximum atomic E-state index is 13.9. The topological polar surface area (TPSA) is 42.0 Å².